The zero-order chi connectivity index (χ0) is 40.4. The molecule has 0 saturated carbocycles. The van der Waals surface area contributed by atoms with Crippen molar-refractivity contribution in [2.75, 3.05) is 0 Å². The molecule has 0 aliphatic heterocycles. The second-order valence-corrected chi connectivity index (χ2v) is 17.1. The largest absolute Gasteiger partial charge is 0.416 e. The predicted molar refractivity (Wildman–Crippen MR) is 241 cm³/mol. The standard InChI is InChI=1S/C51H25F3N4S2/c52-51(53,54)31-22-28(26-55)21-29(23-31)38-25-41(57-39-13-5-1-9-32(39)34-17-19-45-47(49(34)57)36-11-3-7-15-43(36)59-45)30(27-56)24-42(38)58-40-14-6-2-10-33(40)35-18-20-46-48(50(35)58)37-12-4-8-16-44(37)60-46/h1-25H. The van der Waals surface area contributed by atoms with Gasteiger partial charge < -0.3 is 9.13 Å². The predicted octanol–water partition coefficient (Wildman–Crippen LogP) is 15.0. The van der Waals surface area contributed by atoms with Crippen molar-refractivity contribution >= 4 is 107 Å². The number of hydrogen-bond donors (Lipinski definition) is 0. The number of nitriles is 2. The number of thiophene rings is 2. The Balaban J connectivity index is 1.29. The monoisotopic (exact) mass is 814 g/mol. The van der Waals surface area contributed by atoms with Crippen molar-refractivity contribution in [3.63, 3.8) is 0 Å². The third kappa shape index (κ3) is 4.82. The van der Waals surface area contributed by atoms with Gasteiger partial charge in [0.25, 0.3) is 0 Å². The van der Waals surface area contributed by atoms with Gasteiger partial charge in [0.15, 0.2) is 0 Å². The van der Waals surface area contributed by atoms with Crippen LogP contribution in [0.3, 0.4) is 0 Å². The van der Waals surface area contributed by atoms with E-state index in [-0.39, 0.29) is 11.1 Å². The minimum Gasteiger partial charge on any atom is -0.308 e. The molecule has 0 fully saturated rings. The number of para-hydroxylation sites is 2. The summed E-state index contributed by atoms with van der Waals surface area (Å²) in [5.74, 6) is 0. The Kier molecular flexibility index (Phi) is 7.23. The summed E-state index contributed by atoms with van der Waals surface area (Å²) in [4.78, 5) is 0. The van der Waals surface area contributed by atoms with Crippen LogP contribution in [0.25, 0.3) is 106 Å². The summed E-state index contributed by atoms with van der Waals surface area (Å²) >= 11 is 3.38. The Morgan fingerprint density at radius 3 is 1.52 bits per heavy atom. The summed E-state index contributed by atoms with van der Waals surface area (Å²) in [6.45, 7) is 0. The molecule has 4 nitrogen and oxygen atoms in total. The lowest BCUT2D eigenvalue weighted by molar-refractivity contribution is -0.137. The van der Waals surface area contributed by atoms with Crippen LogP contribution in [0.4, 0.5) is 13.2 Å². The molecule has 0 unspecified atom stereocenters. The number of halogens is 3. The summed E-state index contributed by atoms with van der Waals surface area (Å²) in [6, 6.07) is 52.7. The lowest BCUT2D eigenvalue weighted by atomic mass is 9.95. The van der Waals surface area contributed by atoms with Gasteiger partial charge in [0.1, 0.15) is 6.07 Å². The Bertz CT molecular complexity index is 3920. The van der Waals surface area contributed by atoms with E-state index in [0.29, 0.717) is 22.5 Å². The van der Waals surface area contributed by atoms with Crippen LogP contribution in [0.2, 0.25) is 0 Å². The summed E-state index contributed by atoms with van der Waals surface area (Å²) in [5.41, 5.74) is 4.49. The normalized spacial score (nSPS) is 12.2. The Morgan fingerprint density at radius 1 is 0.467 bits per heavy atom. The van der Waals surface area contributed by atoms with E-state index in [4.69, 9.17) is 0 Å². The van der Waals surface area contributed by atoms with Crippen LogP contribution in [0, 0.1) is 22.7 Å². The fraction of sp³-hybridized carbons (Fsp3) is 0.0196. The van der Waals surface area contributed by atoms with Crippen LogP contribution < -0.4 is 0 Å². The number of alkyl halides is 3. The molecule has 0 aliphatic rings. The van der Waals surface area contributed by atoms with Gasteiger partial charge in [-0.05, 0) is 72.3 Å². The van der Waals surface area contributed by atoms with Crippen molar-refractivity contribution in [3.05, 3.63) is 168 Å². The van der Waals surface area contributed by atoms with Crippen LogP contribution >= 0.6 is 22.7 Å². The van der Waals surface area contributed by atoms with E-state index in [0.717, 1.165) is 96.1 Å². The van der Waals surface area contributed by atoms with Gasteiger partial charge in [0.2, 0.25) is 0 Å². The lowest BCUT2D eigenvalue weighted by Crippen LogP contribution is -2.07. The Morgan fingerprint density at radius 2 is 0.983 bits per heavy atom. The van der Waals surface area contributed by atoms with Gasteiger partial charge in [0.05, 0.1) is 56.2 Å². The minimum absolute atomic E-state index is 0.117. The molecule has 8 aromatic carbocycles. The van der Waals surface area contributed by atoms with Crippen LogP contribution in [0.5, 0.6) is 0 Å². The minimum atomic E-state index is -4.72. The van der Waals surface area contributed by atoms with Gasteiger partial charge in [-0.25, -0.2) is 0 Å². The molecule has 12 rings (SSSR count). The van der Waals surface area contributed by atoms with Crippen molar-refractivity contribution < 1.29 is 13.2 Å². The molecular formula is C51H25F3N4S2. The molecule has 12 aromatic rings. The molecule has 0 N–H and O–H groups in total. The van der Waals surface area contributed by atoms with Crippen molar-refractivity contribution in [1.82, 2.24) is 9.13 Å². The average Bonchev–Trinajstić information content (AvgIpc) is 4.03. The van der Waals surface area contributed by atoms with Crippen molar-refractivity contribution in [2.45, 2.75) is 6.18 Å². The van der Waals surface area contributed by atoms with E-state index in [1.807, 2.05) is 78.9 Å². The fourth-order valence-corrected chi connectivity index (χ4v) is 11.5. The SMILES string of the molecule is N#Cc1cc(-c2cc(-n3c4ccccc4c4ccc5sc6ccccc6c5c43)c(C#N)cc2-n2c3ccccc3c3ccc4sc5ccccc5c4c32)cc(C(F)(F)F)c1. The third-order valence-electron chi connectivity index (χ3n) is 11.8. The van der Waals surface area contributed by atoms with E-state index < -0.39 is 11.7 Å². The first-order valence-corrected chi connectivity index (χ1v) is 20.8. The smallest absolute Gasteiger partial charge is 0.308 e. The molecule has 9 heteroatoms. The molecule has 0 amide bonds. The molecule has 0 spiro atoms. The van der Waals surface area contributed by atoms with E-state index >= 15 is 0 Å². The summed E-state index contributed by atoms with van der Waals surface area (Å²) in [5, 5.41) is 29.6. The number of hydrogen-bond acceptors (Lipinski definition) is 4. The number of benzene rings is 8. The molecule has 4 aromatic heterocycles. The van der Waals surface area contributed by atoms with E-state index in [1.165, 1.54) is 6.07 Å². The van der Waals surface area contributed by atoms with Gasteiger partial charge in [-0.15, -0.1) is 22.7 Å². The second-order valence-electron chi connectivity index (χ2n) is 15.0. The number of fused-ring (bicyclic) bond motifs is 14. The topological polar surface area (TPSA) is 57.4 Å². The van der Waals surface area contributed by atoms with Gasteiger partial charge in [0, 0.05) is 67.5 Å². The summed E-state index contributed by atoms with van der Waals surface area (Å²) in [6.07, 6.45) is -4.72. The van der Waals surface area contributed by atoms with Crippen LogP contribution in [-0.4, -0.2) is 9.13 Å². The van der Waals surface area contributed by atoms with Crippen molar-refractivity contribution in [2.24, 2.45) is 0 Å². The van der Waals surface area contributed by atoms with Gasteiger partial charge in [-0.2, -0.15) is 23.7 Å². The van der Waals surface area contributed by atoms with Gasteiger partial charge >= 0.3 is 6.18 Å². The van der Waals surface area contributed by atoms with Gasteiger partial charge in [-0.1, -0.05) is 84.9 Å². The first-order chi connectivity index (χ1) is 29.3. The summed E-state index contributed by atoms with van der Waals surface area (Å²) in [7, 11) is 0. The Hall–Kier alpha value is -7.43. The molecular weight excluding hydrogens is 790 g/mol. The van der Waals surface area contributed by atoms with Crippen LogP contribution in [-0.2, 0) is 6.18 Å². The number of aromatic nitrogens is 2. The molecule has 0 aliphatic carbocycles. The first-order valence-electron chi connectivity index (χ1n) is 19.2. The van der Waals surface area contributed by atoms with Crippen LogP contribution in [0.1, 0.15) is 16.7 Å². The second kappa shape index (κ2) is 12.5. The van der Waals surface area contributed by atoms with E-state index in [2.05, 4.69) is 75.9 Å². The molecule has 4 heterocycles. The Labute approximate surface area is 347 Å². The maximum atomic E-state index is 14.7. The van der Waals surface area contributed by atoms with Crippen molar-refractivity contribution in [3.8, 4) is 34.6 Å². The quantitative estimate of drug-likeness (QED) is 0.178. The van der Waals surface area contributed by atoms with E-state index in [9.17, 15) is 23.7 Å². The average molecular weight is 815 g/mol. The zero-order valence-corrected chi connectivity index (χ0v) is 32.8. The third-order valence-corrected chi connectivity index (χ3v) is 14.0. The first kappa shape index (κ1) is 34.6. The lowest BCUT2D eigenvalue weighted by Gasteiger charge is -2.20. The summed E-state index contributed by atoms with van der Waals surface area (Å²) < 4.78 is 52.8. The van der Waals surface area contributed by atoms with Crippen molar-refractivity contribution in [1.29, 1.82) is 10.5 Å². The number of rotatable bonds is 3. The molecule has 0 bridgehead atoms. The molecule has 282 valence electrons. The highest BCUT2D eigenvalue weighted by Gasteiger charge is 2.32. The number of nitrogens with zero attached hydrogens (tertiary/aromatic N) is 4. The maximum absolute atomic E-state index is 14.7. The highest BCUT2D eigenvalue weighted by molar-refractivity contribution is 7.26. The molecule has 60 heavy (non-hydrogen) atoms. The van der Waals surface area contributed by atoms with Crippen LogP contribution in [0.15, 0.2) is 152 Å². The zero-order valence-electron chi connectivity index (χ0n) is 31.2. The van der Waals surface area contributed by atoms with E-state index in [1.54, 1.807) is 22.7 Å². The molecule has 0 radical (unpaired) electrons. The molecule has 0 saturated heterocycles. The van der Waals surface area contributed by atoms with Gasteiger partial charge in [-0.3, -0.25) is 0 Å². The fourth-order valence-electron chi connectivity index (χ4n) is 9.31. The molecule has 0 atom stereocenters. The highest BCUT2D eigenvalue weighted by Crippen LogP contribution is 2.48. The maximum Gasteiger partial charge on any atom is 0.416 e. The highest BCUT2D eigenvalue weighted by atomic mass is 32.1.